The summed E-state index contributed by atoms with van der Waals surface area (Å²) in [4.78, 5) is 0. The number of alkyl halides is 3. The topological polar surface area (TPSA) is 0 Å². The minimum Gasteiger partial charge on any atom is -0.206 e. The van der Waals surface area contributed by atoms with Crippen LogP contribution in [0.5, 0.6) is 0 Å². The molecule has 27 heavy (non-hydrogen) atoms. The molecule has 2 aliphatic carbocycles. The lowest BCUT2D eigenvalue weighted by molar-refractivity contribution is -0.140. The predicted octanol–water partition coefficient (Wildman–Crippen LogP) is 7.46. The lowest BCUT2D eigenvalue weighted by Gasteiger charge is -2.42. The molecule has 0 N–H and O–H groups in total. The van der Waals surface area contributed by atoms with Crippen LogP contribution in [0.1, 0.15) is 62.5 Å². The van der Waals surface area contributed by atoms with Gasteiger partial charge in [0, 0.05) is 0 Å². The van der Waals surface area contributed by atoms with Gasteiger partial charge in [-0.2, -0.15) is 13.2 Å². The highest BCUT2D eigenvalue weighted by Crippen LogP contribution is 2.50. The van der Waals surface area contributed by atoms with Crippen LogP contribution in [0.3, 0.4) is 0 Å². The van der Waals surface area contributed by atoms with E-state index in [1.54, 1.807) is 0 Å². The SMILES string of the molecule is C[C@@H]1CC[C@@H]2CC(c3cc4cccc(F)c4c(F)c3C(F)(F)F)CCC2C1. The number of hydrogen-bond donors (Lipinski definition) is 0. The number of fused-ring (bicyclic) bond motifs is 2. The second kappa shape index (κ2) is 6.75. The standard InChI is InChI=1S/C22H23F5/c1-12-5-6-14-10-15(8-7-13(14)9-12)17-11-16-3-2-4-18(23)19(16)21(24)20(17)22(25,26)27/h2-4,11-15H,5-10H2,1H3/t12-,13?,14-,15?/m1/s1. The first-order valence-corrected chi connectivity index (χ1v) is 9.73. The van der Waals surface area contributed by atoms with Crippen molar-refractivity contribution in [2.75, 3.05) is 0 Å². The fourth-order valence-electron chi connectivity index (χ4n) is 5.40. The molecule has 2 unspecified atom stereocenters. The van der Waals surface area contributed by atoms with Gasteiger partial charge in [-0.05, 0) is 78.9 Å². The van der Waals surface area contributed by atoms with Crippen LogP contribution in [0.4, 0.5) is 22.0 Å². The Morgan fingerprint density at radius 1 is 0.926 bits per heavy atom. The van der Waals surface area contributed by atoms with Crippen LogP contribution in [0.25, 0.3) is 10.8 Å². The average Bonchev–Trinajstić information content (AvgIpc) is 2.59. The normalized spacial score (nSPS) is 29.0. The molecule has 0 heterocycles. The second-order valence-corrected chi connectivity index (χ2v) is 8.44. The minimum absolute atomic E-state index is 0.00942. The Bertz CT molecular complexity index is 854. The van der Waals surface area contributed by atoms with Gasteiger partial charge in [-0.25, -0.2) is 8.78 Å². The molecular weight excluding hydrogens is 359 g/mol. The Balaban J connectivity index is 1.79. The van der Waals surface area contributed by atoms with Gasteiger partial charge in [0.15, 0.2) is 0 Å². The van der Waals surface area contributed by atoms with E-state index < -0.39 is 28.8 Å². The summed E-state index contributed by atoms with van der Waals surface area (Å²) in [6, 6.07) is 5.27. The number of rotatable bonds is 1. The van der Waals surface area contributed by atoms with Crippen molar-refractivity contribution < 1.29 is 22.0 Å². The first-order chi connectivity index (χ1) is 12.8. The van der Waals surface area contributed by atoms with Crippen LogP contribution in [0.2, 0.25) is 0 Å². The molecule has 0 aliphatic heterocycles. The summed E-state index contributed by atoms with van der Waals surface area (Å²) in [5, 5.41) is -0.358. The van der Waals surface area contributed by atoms with Crippen LogP contribution in [0.15, 0.2) is 24.3 Å². The van der Waals surface area contributed by atoms with Crippen molar-refractivity contribution in [2.45, 2.75) is 57.5 Å². The maximum atomic E-state index is 14.9. The lowest BCUT2D eigenvalue weighted by atomic mass is 9.63. The van der Waals surface area contributed by atoms with E-state index in [4.69, 9.17) is 0 Å². The Morgan fingerprint density at radius 3 is 2.37 bits per heavy atom. The lowest BCUT2D eigenvalue weighted by Crippen LogP contribution is -2.30. The van der Waals surface area contributed by atoms with Crippen LogP contribution < -0.4 is 0 Å². The van der Waals surface area contributed by atoms with Gasteiger partial charge in [-0.1, -0.05) is 25.5 Å². The number of hydrogen-bond acceptors (Lipinski definition) is 0. The Morgan fingerprint density at radius 2 is 1.63 bits per heavy atom. The van der Waals surface area contributed by atoms with Gasteiger partial charge in [-0.3, -0.25) is 0 Å². The van der Waals surface area contributed by atoms with E-state index in [0.717, 1.165) is 31.7 Å². The molecule has 4 atom stereocenters. The van der Waals surface area contributed by atoms with Crippen molar-refractivity contribution in [3.8, 4) is 0 Å². The maximum Gasteiger partial charge on any atom is 0.419 e. The molecule has 0 radical (unpaired) electrons. The zero-order valence-electron chi connectivity index (χ0n) is 15.3. The van der Waals surface area contributed by atoms with Gasteiger partial charge < -0.3 is 0 Å². The number of halogens is 5. The Hall–Kier alpha value is -1.65. The van der Waals surface area contributed by atoms with Crippen molar-refractivity contribution in [1.82, 2.24) is 0 Å². The second-order valence-electron chi connectivity index (χ2n) is 8.44. The van der Waals surface area contributed by atoms with Crippen LogP contribution in [0, 0.1) is 29.4 Å². The van der Waals surface area contributed by atoms with Gasteiger partial charge >= 0.3 is 6.18 Å². The van der Waals surface area contributed by atoms with E-state index in [1.807, 2.05) is 0 Å². The quantitative estimate of drug-likeness (QED) is 0.449. The maximum absolute atomic E-state index is 14.9. The first-order valence-electron chi connectivity index (χ1n) is 9.73. The molecule has 0 spiro atoms. The van der Waals surface area contributed by atoms with E-state index >= 15 is 0 Å². The molecule has 2 saturated carbocycles. The molecule has 0 amide bonds. The minimum atomic E-state index is -4.84. The third-order valence-corrected chi connectivity index (χ3v) is 6.68. The van der Waals surface area contributed by atoms with Crippen LogP contribution >= 0.6 is 0 Å². The first kappa shape index (κ1) is 18.7. The monoisotopic (exact) mass is 382 g/mol. The van der Waals surface area contributed by atoms with Gasteiger partial charge in [0.2, 0.25) is 0 Å². The highest BCUT2D eigenvalue weighted by molar-refractivity contribution is 5.86. The Labute approximate surface area is 155 Å². The molecular formula is C22H23F5. The van der Waals surface area contributed by atoms with Crippen molar-refractivity contribution in [3.63, 3.8) is 0 Å². The highest BCUT2D eigenvalue weighted by Gasteiger charge is 2.42. The molecule has 0 nitrogen and oxygen atoms in total. The molecule has 2 aromatic rings. The zero-order chi connectivity index (χ0) is 19.3. The molecule has 5 heteroatoms. The van der Waals surface area contributed by atoms with Crippen molar-refractivity contribution in [1.29, 1.82) is 0 Å². The molecule has 2 aliphatic rings. The molecule has 146 valence electrons. The van der Waals surface area contributed by atoms with E-state index in [-0.39, 0.29) is 16.9 Å². The van der Waals surface area contributed by atoms with Crippen molar-refractivity contribution in [2.24, 2.45) is 17.8 Å². The van der Waals surface area contributed by atoms with Crippen LogP contribution in [-0.4, -0.2) is 0 Å². The summed E-state index contributed by atoms with van der Waals surface area (Å²) in [5.41, 5.74) is -1.26. The summed E-state index contributed by atoms with van der Waals surface area (Å²) >= 11 is 0. The summed E-state index contributed by atoms with van der Waals surface area (Å²) in [6.45, 7) is 2.23. The third kappa shape index (κ3) is 3.34. The zero-order valence-corrected chi connectivity index (χ0v) is 15.3. The van der Waals surface area contributed by atoms with E-state index in [0.29, 0.717) is 30.6 Å². The fraction of sp³-hybridized carbons (Fsp3) is 0.545. The molecule has 2 fully saturated rings. The van der Waals surface area contributed by atoms with E-state index in [9.17, 15) is 22.0 Å². The van der Waals surface area contributed by atoms with Gasteiger partial charge in [0.1, 0.15) is 11.6 Å². The third-order valence-electron chi connectivity index (χ3n) is 6.68. The Kier molecular flexibility index (Phi) is 4.68. The summed E-state index contributed by atoms with van der Waals surface area (Å²) < 4.78 is 70.1. The summed E-state index contributed by atoms with van der Waals surface area (Å²) in [7, 11) is 0. The summed E-state index contributed by atoms with van der Waals surface area (Å²) in [5.74, 6) is -1.08. The molecule has 4 rings (SSSR count). The smallest absolute Gasteiger partial charge is 0.206 e. The van der Waals surface area contributed by atoms with Gasteiger partial charge in [0.05, 0.1) is 10.9 Å². The molecule has 0 bridgehead atoms. The molecule has 0 aromatic heterocycles. The predicted molar refractivity (Wildman–Crippen MR) is 95.5 cm³/mol. The van der Waals surface area contributed by atoms with E-state index in [2.05, 4.69) is 6.92 Å². The van der Waals surface area contributed by atoms with Gasteiger partial charge in [0.25, 0.3) is 0 Å². The van der Waals surface area contributed by atoms with Crippen molar-refractivity contribution in [3.05, 3.63) is 47.0 Å². The molecule has 2 aromatic carbocycles. The largest absolute Gasteiger partial charge is 0.419 e. The number of benzene rings is 2. The summed E-state index contributed by atoms with van der Waals surface area (Å²) in [6.07, 6.45) is 0.637. The average molecular weight is 382 g/mol. The van der Waals surface area contributed by atoms with Crippen molar-refractivity contribution >= 4 is 10.8 Å². The van der Waals surface area contributed by atoms with E-state index in [1.165, 1.54) is 18.2 Å². The molecule has 0 saturated heterocycles. The fourth-order valence-corrected chi connectivity index (χ4v) is 5.40. The highest BCUT2D eigenvalue weighted by atomic mass is 19.4. The van der Waals surface area contributed by atoms with Gasteiger partial charge in [-0.15, -0.1) is 0 Å². The van der Waals surface area contributed by atoms with Crippen LogP contribution in [-0.2, 0) is 6.18 Å².